The Hall–Kier alpha value is 1.73. The molecule has 4 fully saturated rings. The van der Waals surface area contributed by atoms with Gasteiger partial charge in [0.2, 0.25) is 0 Å². The van der Waals surface area contributed by atoms with Crippen LogP contribution in [0.5, 0.6) is 0 Å². The van der Waals surface area contributed by atoms with Gasteiger partial charge in [0.05, 0.1) is 0 Å². The molecule has 0 unspecified atom stereocenters. The average molecular weight is 704 g/mol. The Morgan fingerprint density at radius 1 is 0.575 bits per heavy atom. The van der Waals surface area contributed by atoms with Crippen LogP contribution in [0, 0.1) is 25.1 Å². The minimum absolute atomic E-state index is 0. The first-order valence-corrected chi connectivity index (χ1v) is 20.1. The van der Waals surface area contributed by atoms with Crippen LogP contribution in [0.4, 0.5) is 0 Å². The standard InChI is InChI=1S/C31H58ClN2P2.C3H5.Pd/c1-25(2)35(26(3)4)31(32)36(33(27-17-9-5-10-18-27)28-19-11-6-12-20-28)34(29-21-13-7-14-22-29)30-23-15-8-16-24-30;1-3-2;/h25-30H,5-24H2,1-4H3;3H,1-2H2;/q-1;;+2. The zero-order chi connectivity index (χ0) is 28.2. The predicted molar refractivity (Wildman–Crippen MR) is 179 cm³/mol. The van der Waals surface area contributed by atoms with E-state index in [4.69, 9.17) is 11.6 Å². The van der Waals surface area contributed by atoms with Crippen molar-refractivity contribution >= 4 is 27.7 Å². The Bertz CT molecular complexity index is 545. The van der Waals surface area contributed by atoms with Crippen molar-refractivity contribution in [3.05, 3.63) is 25.1 Å². The average Bonchev–Trinajstić information content (AvgIpc) is 2.95. The molecule has 4 aliphatic rings. The van der Waals surface area contributed by atoms with Crippen LogP contribution in [0.1, 0.15) is 156 Å². The molecule has 0 spiro atoms. The molecule has 0 aromatic carbocycles. The summed E-state index contributed by atoms with van der Waals surface area (Å²) in [6, 6.07) is 3.08. The molecule has 4 aliphatic carbocycles. The maximum Gasteiger partial charge on any atom is 2.00 e. The smallest absolute Gasteiger partial charge is 0.333 e. The maximum absolute atomic E-state index is 7.96. The third-order valence-corrected chi connectivity index (χ3v) is 17.2. The van der Waals surface area contributed by atoms with Crippen LogP contribution >= 0.6 is 27.7 Å². The minimum atomic E-state index is -0.567. The van der Waals surface area contributed by atoms with Crippen molar-refractivity contribution in [3.8, 4) is 0 Å². The molecule has 4 rings (SSSR count). The summed E-state index contributed by atoms with van der Waals surface area (Å²) in [5, 5.41) is 0. The van der Waals surface area contributed by atoms with Gasteiger partial charge in [-0.1, -0.05) is 116 Å². The monoisotopic (exact) mass is 702 g/mol. The molecule has 0 heterocycles. The number of nitrogens with zero attached hydrogens (tertiary/aromatic N) is 2. The van der Waals surface area contributed by atoms with E-state index in [2.05, 4.69) is 50.9 Å². The maximum atomic E-state index is 7.96. The third-order valence-electron chi connectivity index (χ3n) is 9.72. The summed E-state index contributed by atoms with van der Waals surface area (Å²) in [5.41, 5.74) is 1.35. The second-order valence-electron chi connectivity index (χ2n) is 13.4. The van der Waals surface area contributed by atoms with Crippen LogP contribution in [0.25, 0.3) is 0 Å². The molecule has 6 heteroatoms. The van der Waals surface area contributed by atoms with E-state index in [-0.39, 0.29) is 28.3 Å². The largest absolute Gasteiger partial charge is 2.00 e. The Morgan fingerprint density at radius 2 is 0.800 bits per heavy atom. The molecule has 0 aliphatic heterocycles. The van der Waals surface area contributed by atoms with Gasteiger partial charge in [0.1, 0.15) is 0 Å². The molecular formula is C34H63ClN2P2Pd+. The van der Waals surface area contributed by atoms with E-state index >= 15 is 0 Å². The van der Waals surface area contributed by atoms with Gasteiger partial charge in [-0.05, 0) is 71.6 Å². The SMILES string of the molecule is CC(C)P([C-](Cl)P(N(C1CCCCC1)C1CCCCC1)N(C1CCCCC1)C1CCCCC1)C(C)C.[CH2][CH][CH2].[Pd+2]. The van der Waals surface area contributed by atoms with E-state index < -0.39 is 8.22 Å². The molecule has 3 radical (unpaired) electrons. The van der Waals surface area contributed by atoms with E-state index in [0.717, 1.165) is 24.2 Å². The second kappa shape index (κ2) is 20.7. The second-order valence-corrected chi connectivity index (χ2v) is 19.9. The van der Waals surface area contributed by atoms with E-state index in [1.165, 1.54) is 140 Å². The molecule has 0 amide bonds. The van der Waals surface area contributed by atoms with Crippen LogP contribution < -0.4 is 0 Å². The van der Waals surface area contributed by atoms with Crippen molar-refractivity contribution in [2.45, 2.75) is 192 Å². The summed E-state index contributed by atoms with van der Waals surface area (Å²) >= 11 is 7.96. The zero-order valence-corrected chi connectivity index (χ0v) is 30.7. The number of hydrogen-bond acceptors (Lipinski definition) is 2. The van der Waals surface area contributed by atoms with Gasteiger partial charge in [0.15, 0.2) is 0 Å². The summed E-state index contributed by atoms with van der Waals surface area (Å²) in [6.45, 7) is 16.4. The summed E-state index contributed by atoms with van der Waals surface area (Å²) in [4.78, 5) is 1.46. The molecule has 0 aromatic heterocycles. The van der Waals surface area contributed by atoms with E-state index in [9.17, 15) is 0 Å². The van der Waals surface area contributed by atoms with Crippen molar-refractivity contribution in [2.24, 2.45) is 0 Å². The van der Waals surface area contributed by atoms with Crippen LogP contribution in [0.15, 0.2) is 0 Å². The topological polar surface area (TPSA) is 6.48 Å². The fourth-order valence-electron chi connectivity index (χ4n) is 8.03. The van der Waals surface area contributed by atoms with Gasteiger partial charge in [-0.15, -0.1) is 13.1 Å². The number of halogens is 1. The molecule has 40 heavy (non-hydrogen) atoms. The van der Waals surface area contributed by atoms with Gasteiger partial charge in [-0.2, -0.15) is 0 Å². The van der Waals surface area contributed by atoms with Crippen molar-refractivity contribution in [1.29, 1.82) is 0 Å². The molecular weight excluding hydrogens is 640 g/mol. The normalized spacial score (nSPS) is 22.9. The molecule has 0 bridgehead atoms. The summed E-state index contributed by atoms with van der Waals surface area (Å²) < 4.78 is 6.42. The van der Waals surface area contributed by atoms with E-state index in [0.29, 0.717) is 11.3 Å². The fraction of sp³-hybridized carbons (Fsp3) is 0.882. The van der Waals surface area contributed by atoms with Gasteiger partial charge in [0.25, 0.3) is 0 Å². The van der Waals surface area contributed by atoms with Gasteiger partial charge in [0, 0.05) is 24.2 Å². The van der Waals surface area contributed by atoms with Crippen molar-refractivity contribution in [1.82, 2.24) is 9.34 Å². The first-order valence-electron chi connectivity index (χ1n) is 17.0. The van der Waals surface area contributed by atoms with Gasteiger partial charge >= 0.3 is 20.4 Å². The summed E-state index contributed by atoms with van der Waals surface area (Å²) in [6.07, 6.45) is 30.1. The molecule has 0 saturated heterocycles. The number of hydrogen-bond donors (Lipinski definition) is 0. The first kappa shape index (κ1) is 37.9. The third kappa shape index (κ3) is 11.0. The van der Waals surface area contributed by atoms with Crippen LogP contribution in [0.3, 0.4) is 0 Å². The van der Waals surface area contributed by atoms with Gasteiger partial charge in [-0.3, -0.25) is 9.34 Å². The van der Waals surface area contributed by atoms with Gasteiger partial charge in [-0.25, -0.2) is 7.92 Å². The van der Waals surface area contributed by atoms with Crippen LogP contribution in [-0.4, -0.2) is 44.8 Å². The fourth-order valence-corrected chi connectivity index (χ4v) is 17.4. The molecule has 235 valence electrons. The Labute approximate surface area is 272 Å². The molecule has 0 aromatic rings. The van der Waals surface area contributed by atoms with Crippen LogP contribution in [0.2, 0.25) is 0 Å². The molecule has 0 N–H and O–H groups in total. The molecule has 4 saturated carbocycles. The van der Waals surface area contributed by atoms with E-state index in [1.807, 2.05) is 0 Å². The van der Waals surface area contributed by atoms with E-state index in [1.54, 1.807) is 0 Å². The first-order chi connectivity index (χ1) is 18.9. The van der Waals surface area contributed by atoms with Gasteiger partial charge < -0.3 is 11.6 Å². The van der Waals surface area contributed by atoms with Crippen molar-refractivity contribution < 1.29 is 20.4 Å². The Morgan fingerprint density at radius 3 is 1.00 bits per heavy atom. The molecule has 0 atom stereocenters. The van der Waals surface area contributed by atoms with Crippen LogP contribution in [-0.2, 0) is 20.4 Å². The Kier molecular flexibility index (Phi) is 19.6. The zero-order valence-electron chi connectivity index (χ0n) is 26.6. The summed E-state index contributed by atoms with van der Waals surface area (Å²) in [7, 11) is -0.868. The minimum Gasteiger partial charge on any atom is -0.333 e. The molecule has 2 nitrogen and oxygen atoms in total. The quantitative estimate of drug-likeness (QED) is 0.127. The number of rotatable bonds is 10. The van der Waals surface area contributed by atoms with Crippen molar-refractivity contribution in [3.63, 3.8) is 0 Å². The van der Waals surface area contributed by atoms with Crippen molar-refractivity contribution in [2.75, 3.05) is 0 Å². The predicted octanol–water partition coefficient (Wildman–Crippen LogP) is 12.1. The summed E-state index contributed by atoms with van der Waals surface area (Å²) in [5.74, 6) is 0. The Balaban J connectivity index is 0.00000134.